The third-order valence-corrected chi connectivity index (χ3v) is 1.49. The molecule has 0 saturated carbocycles. The molecule has 0 fully saturated rings. The molecule has 0 aliphatic heterocycles. The van der Waals surface area contributed by atoms with Gasteiger partial charge in [-0.2, -0.15) is 10.2 Å². The third kappa shape index (κ3) is 13.6. The van der Waals surface area contributed by atoms with Crippen LogP contribution in [-0.2, 0) is 0 Å². The average Bonchev–Trinajstić information content (AvgIpc) is 2.02. The zero-order chi connectivity index (χ0) is 11.8. The Bertz CT molecular complexity index is 183. The van der Waals surface area contributed by atoms with Gasteiger partial charge in [-0.3, -0.25) is 0 Å². The van der Waals surface area contributed by atoms with E-state index in [-0.39, 0.29) is 11.1 Å². The van der Waals surface area contributed by atoms with Crippen molar-refractivity contribution < 1.29 is 5.21 Å². The van der Waals surface area contributed by atoms with Crippen molar-refractivity contribution >= 4 is 0 Å². The van der Waals surface area contributed by atoms with Crippen LogP contribution in [0.4, 0.5) is 0 Å². The molecule has 5 heteroatoms. The van der Waals surface area contributed by atoms with Crippen molar-refractivity contribution in [2.75, 3.05) is 0 Å². The molecule has 0 aromatic heterocycles. The second-order valence-electron chi connectivity index (χ2n) is 4.62. The Hall–Kier alpha value is -1.00. The van der Waals surface area contributed by atoms with Gasteiger partial charge in [-0.05, 0) is 41.0 Å². The highest BCUT2D eigenvalue weighted by atomic mass is 16.6. The van der Waals surface area contributed by atoms with E-state index in [0.717, 1.165) is 6.42 Å². The standard InChI is InChI=1S/C9H20N2.HNO2/c1-7-9(5,6)11-10-8(2,3)4;2-1-3/h7H2,1-6H3;(H,2,3). The summed E-state index contributed by atoms with van der Waals surface area (Å²) in [6, 6.07) is 0. The molecule has 0 rings (SSSR count). The van der Waals surface area contributed by atoms with Crippen LogP contribution in [0.15, 0.2) is 15.6 Å². The normalized spacial score (nSPS) is 12.1. The SMILES string of the molecule is CCC(C)(C)N=NC(C)(C)C.O=NO. The average molecular weight is 203 g/mol. The highest BCUT2D eigenvalue weighted by Crippen LogP contribution is 2.17. The van der Waals surface area contributed by atoms with Crippen LogP contribution >= 0.6 is 0 Å². The van der Waals surface area contributed by atoms with Crippen LogP contribution in [0.5, 0.6) is 0 Å². The summed E-state index contributed by atoms with van der Waals surface area (Å²) < 4.78 is 0. The van der Waals surface area contributed by atoms with E-state index in [1.807, 2.05) is 0 Å². The van der Waals surface area contributed by atoms with Crippen LogP contribution in [0.25, 0.3) is 0 Å². The maximum Gasteiger partial charge on any atom is 0.152 e. The first-order valence-corrected chi connectivity index (χ1v) is 4.59. The Kier molecular flexibility index (Phi) is 7.13. The van der Waals surface area contributed by atoms with Gasteiger partial charge in [0.05, 0.1) is 11.1 Å². The minimum absolute atomic E-state index is 0.00722. The van der Waals surface area contributed by atoms with Crippen LogP contribution in [0.3, 0.4) is 0 Å². The minimum Gasteiger partial charge on any atom is -0.379 e. The summed E-state index contributed by atoms with van der Waals surface area (Å²) in [5.74, 6) is 0. The summed E-state index contributed by atoms with van der Waals surface area (Å²) in [4.78, 5) is 8.11. The van der Waals surface area contributed by atoms with Crippen molar-refractivity contribution in [2.45, 2.75) is 59.0 Å². The lowest BCUT2D eigenvalue weighted by Crippen LogP contribution is -2.17. The van der Waals surface area contributed by atoms with Crippen molar-refractivity contribution in [3.8, 4) is 0 Å². The third-order valence-electron chi connectivity index (χ3n) is 1.49. The van der Waals surface area contributed by atoms with E-state index in [4.69, 9.17) is 10.1 Å². The minimum atomic E-state index is -0.0353. The first-order chi connectivity index (χ1) is 6.18. The Morgan fingerprint density at radius 3 is 1.64 bits per heavy atom. The van der Waals surface area contributed by atoms with E-state index in [2.05, 4.69) is 51.8 Å². The second-order valence-corrected chi connectivity index (χ2v) is 4.62. The maximum atomic E-state index is 8.11. The fourth-order valence-electron chi connectivity index (χ4n) is 0.356. The molecule has 0 radical (unpaired) electrons. The van der Waals surface area contributed by atoms with Crippen LogP contribution in [0.2, 0.25) is 0 Å². The molecule has 14 heavy (non-hydrogen) atoms. The van der Waals surface area contributed by atoms with Gasteiger partial charge in [-0.25, -0.2) is 0 Å². The molecule has 0 spiro atoms. The van der Waals surface area contributed by atoms with E-state index in [0.29, 0.717) is 0 Å². The fraction of sp³-hybridized carbons (Fsp3) is 1.00. The second kappa shape index (κ2) is 6.45. The predicted octanol–water partition coefficient (Wildman–Crippen LogP) is 3.57. The molecule has 0 amide bonds. The van der Waals surface area contributed by atoms with Crippen molar-refractivity contribution in [1.29, 1.82) is 0 Å². The number of nitrogens with zero attached hydrogens (tertiary/aromatic N) is 3. The van der Waals surface area contributed by atoms with E-state index in [9.17, 15) is 0 Å². The van der Waals surface area contributed by atoms with Crippen molar-refractivity contribution in [1.82, 2.24) is 0 Å². The highest BCUT2D eigenvalue weighted by molar-refractivity contribution is 4.76. The summed E-state index contributed by atoms with van der Waals surface area (Å²) >= 11 is 0. The lowest BCUT2D eigenvalue weighted by Gasteiger charge is -2.18. The van der Waals surface area contributed by atoms with Crippen molar-refractivity contribution in [3.63, 3.8) is 0 Å². The van der Waals surface area contributed by atoms with Crippen molar-refractivity contribution in [2.24, 2.45) is 15.6 Å². The Labute approximate surface area is 85.6 Å². The van der Waals surface area contributed by atoms with Crippen LogP contribution in [0.1, 0.15) is 48.0 Å². The van der Waals surface area contributed by atoms with E-state index in [1.165, 1.54) is 5.34 Å². The van der Waals surface area contributed by atoms with Crippen molar-refractivity contribution in [3.05, 3.63) is 4.91 Å². The van der Waals surface area contributed by atoms with Gasteiger partial charge in [0, 0.05) is 0 Å². The summed E-state index contributed by atoms with van der Waals surface area (Å²) in [5, 5.41) is 16.4. The number of hydrogen-bond donors (Lipinski definition) is 1. The zero-order valence-electron chi connectivity index (χ0n) is 9.90. The predicted molar refractivity (Wildman–Crippen MR) is 56.6 cm³/mol. The summed E-state index contributed by atoms with van der Waals surface area (Å²) in [5.41, 5.74) is -0.0281. The Morgan fingerprint density at radius 1 is 1.07 bits per heavy atom. The smallest absolute Gasteiger partial charge is 0.152 e. The molecular formula is C9H21N3O2. The van der Waals surface area contributed by atoms with Crippen LogP contribution in [-0.4, -0.2) is 16.3 Å². The maximum absolute atomic E-state index is 8.11. The first kappa shape index (κ1) is 15.5. The van der Waals surface area contributed by atoms with Gasteiger partial charge in [0.15, 0.2) is 5.34 Å². The molecule has 0 aromatic carbocycles. The summed E-state index contributed by atoms with van der Waals surface area (Å²) in [6.07, 6.45) is 1.03. The molecule has 0 atom stereocenters. The lowest BCUT2D eigenvalue weighted by molar-refractivity contribution is 0.312. The molecule has 0 aromatic rings. The molecule has 1 N–H and O–H groups in total. The topological polar surface area (TPSA) is 74.4 Å². The molecule has 0 unspecified atom stereocenters. The van der Waals surface area contributed by atoms with Gasteiger partial charge in [0.2, 0.25) is 0 Å². The lowest BCUT2D eigenvalue weighted by atomic mass is 10.0. The number of azo groups is 1. The fourth-order valence-corrected chi connectivity index (χ4v) is 0.356. The number of hydrogen-bond acceptors (Lipinski definition) is 4. The van der Waals surface area contributed by atoms with E-state index in [1.54, 1.807) is 0 Å². The molecule has 0 saturated heterocycles. The molecule has 5 nitrogen and oxygen atoms in total. The monoisotopic (exact) mass is 203 g/mol. The van der Waals surface area contributed by atoms with Gasteiger partial charge in [0.1, 0.15) is 0 Å². The summed E-state index contributed by atoms with van der Waals surface area (Å²) in [6.45, 7) is 12.5. The molecule has 0 aliphatic carbocycles. The Morgan fingerprint density at radius 2 is 1.43 bits per heavy atom. The quantitative estimate of drug-likeness (QED) is 0.423. The molecule has 0 bridgehead atoms. The molecule has 84 valence electrons. The van der Waals surface area contributed by atoms with E-state index < -0.39 is 0 Å². The van der Waals surface area contributed by atoms with Crippen LogP contribution in [0, 0.1) is 4.91 Å². The molecule has 0 aliphatic rings. The van der Waals surface area contributed by atoms with Gasteiger partial charge in [-0.1, -0.05) is 6.92 Å². The highest BCUT2D eigenvalue weighted by Gasteiger charge is 2.15. The zero-order valence-corrected chi connectivity index (χ0v) is 9.90. The Balaban J connectivity index is 0. The van der Waals surface area contributed by atoms with Gasteiger partial charge < -0.3 is 5.21 Å². The van der Waals surface area contributed by atoms with Gasteiger partial charge in [0.25, 0.3) is 0 Å². The largest absolute Gasteiger partial charge is 0.379 e. The number of rotatable bonds is 2. The first-order valence-electron chi connectivity index (χ1n) is 4.59. The molecular weight excluding hydrogens is 182 g/mol. The molecule has 0 heterocycles. The van der Waals surface area contributed by atoms with Gasteiger partial charge in [-0.15, -0.1) is 4.91 Å². The van der Waals surface area contributed by atoms with Crippen LogP contribution < -0.4 is 0 Å². The van der Waals surface area contributed by atoms with Gasteiger partial charge >= 0.3 is 0 Å². The van der Waals surface area contributed by atoms with E-state index >= 15 is 0 Å². The summed E-state index contributed by atoms with van der Waals surface area (Å²) in [7, 11) is 0.